The van der Waals surface area contributed by atoms with E-state index in [1.165, 1.54) is 6.92 Å². The maximum absolute atomic E-state index is 12.7. The molecule has 2 aromatic rings. The lowest BCUT2D eigenvalue weighted by atomic mass is 10.1. The van der Waals surface area contributed by atoms with Gasteiger partial charge in [0.05, 0.1) is 6.54 Å². The maximum atomic E-state index is 12.7. The topological polar surface area (TPSA) is 49.4 Å². The monoisotopic (exact) mass is 358 g/mol. The summed E-state index contributed by atoms with van der Waals surface area (Å²) in [6.07, 6.45) is 0. The fourth-order valence-corrected chi connectivity index (χ4v) is 3.06. The van der Waals surface area contributed by atoms with Gasteiger partial charge >= 0.3 is 0 Å². The van der Waals surface area contributed by atoms with E-state index in [-0.39, 0.29) is 11.8 Å². The number of fused-ring (bicyclic) bond motifs is 1. The zero-order chi connectivity index (χ0) is 15.7. The molecular weight excluding hydrogens is 344 g/mol. The Kier molecular flexibility index (Phi) is 3.98. The van der Waals surface area contributed by atoms with Crippen LogP contribution in [0.15, 0.2) is 53.0 Å². The first-order chi connectivity index (χ1) is 10.6. The predicted molar refractivity (Wildman–Crippen MR) is 88.3 cm³/mol. The summed E-state index contributed by atoms with van der Waals surface area (Å²) in [5.74, 6) is -0.321. The Bertz CT molecular complexity index is 731. The van der Waals surface area contributed by atoms with Crippen LogP contribution in [0.25, 0.3) is 0 Å². The van der Waals surface area contributed by atoms with Gasteiger partial charge in [0.15, 0.2) is 0 Å². The molecule has 0 fully saturated rings. The van der Waals surface area contributed by atoms with E-state index in [9.17, 15) is 9.59 Å². The fourth-order valence-electron chi connectivity index (χ4n) is 2.68. The highest BCUT2D eigenvalue weighted by atomic mass is 79.9. The van der Waals surface area contributed by atoms with Crippen LogP contribution in [0.1, 0.15) is 24.1 Å². The van der Waals surface area contributed by atoms with Crippen LogP contribution in [0.3, 0.4) is 0 Å². The Labute approximate surface area is 137 Å². The maximum Gasteiger partial charge on any atom is 0.254 e. The molecule has 3 rings (SSSR count). The van der Waals surface area contributed by atoms with Crippen LogP contribution >= 0.6 is 15.9 Å². The van der Waals surface area contributed by atoms with E-state index in [1.807, 2.05) is 48.5 Å². The first-order valence-corrected chi connectivity index (χ1v) is 7.77. The third-order valence-corrected chi connectivity index (χ3v) is 4.13. The second kappa shape index (κ2) is 5.93. The molecule has 112 valence electrons. The van der Waals surface area contributed by atoms with Crippen molar-refractivity contribution in [2.24, 2.45) is 0 Å². The summed E-state index contributed by atoms with van der Waals surface area (Å²) in [6.45, 7) is 1.91. The summed E-state index contributed by atoms with van der Waals surface area (Å²) < 4.78 is 0.885. The van der Waals surface area contributed by atoms with Gasteiger partial charge in [-0.3, -0.25) is 9.59 Å². The van der Waals surface area contributed by atoms with Crippen molar-refractivity contribution in [1.29, 1.82) is 0 Å². The van der Waals surface area contributed by atoms with Crippen molar-refractivity contribution in [2.75, 3.05) is 4.90 Å². The average molecular weight is 359 g/mol. The van der Waals surface area contributed by atoms with Gasteiger partial charge in [-0.1, -0.05) is 46.3 Å². The molecular formula is C17H15BrN2O2. The molecule has 0 spiro atoms. The smallest absolute Gasteiger partial charge is 0.254 e. The van der Waals surface area contributed by atoms with Crippen LogP contribution in [0.2, 0.25) is 0 Å². The van der Waals surface area contributed by atoms with Gasteiger partial charge in [0.1, 0.15) is 6.04 Å². The molecule has 1 atom stereocenters. The zero-order valence-electron chi connectivity index (χ0n) is 12.0. The fraction of sp³-hybridized carbons (Fsp3) is 0.176. The van der Waals surface area contributed by atoms with Gasteiger partial charge in [0.25, 0.3) is 5.91 Å². The highest BCUT2D eigenvalue weighted by Gasteiger charge is 2.37. The summed E-state index contributed by atoms with van der Waals surface area (Å²) in [4.78, 5) is 25.8. The van der Waals surface area contributed by atoms with Gasteiger partial charge in [0, 0.05) is 22.6 Å². The number of anilines is 1. The third kappa shape index (κ3) is 2.76. The summed E-state index contributed by atoms with van der Waals surface area (Å²) >= 11 is 3.42. The molecule has 0 unspecified atom stereocenters. The minimum Gasteiger partial charge on any atom is -0.341 e. The quantitative estimate of drug-likeness (QED) is 0.915. The molecule has 0 aromatic heterocycles. The zero-order valence-corrected chi connectivity index (χ0v) is 13.6. The molecule has 1 aliphatic heterocycles. The van der Waals surface area contributed by atoms with Gasteiger partial charge in [0.2, 0.25) is 5.91 Å². The molecule has 2 amide bonds. The van der Waals surface area contributed by atoms with E-state index in [2.05, 4.69) is 21.2 Å². The van der Waals surface area contributed by atoms with Crippen molar-refractivity contribution < 1.29 is 9.59 Å². The molecule has 1 heterocycles. The minimum atomic E-state index is -0.617. The number of nitrogens with zero attached hydrogens (tertiary/aromatic N) is 1. The number of nitrogens with one attached hydrogen (secondary N) is 1. The Morgan fingerprint density at radius 2 is 1.95 bits per heavy atom. The molecule has 0 saturated carbocycles. The number of amides is 2. The van der Waals surface area contributed by atoms with Crippen molar-refractivity contribution in [3.8, 4) is 0 Å². The molecule has 0 radical (unpaired) electrons. The Morgan fingerprint density at radius 1 is 1.23 bits per heavy atom. The van der Waals surface area contributed by atoms with Crippen molar-refractivity contribution in [3.63, 3.8) is 0 Å². The summed E-state index contributed by atoms with van der Waals surface area (Å²) in [7, 11) is 0. The predicted octanol–water partition coefficient (Wildman–Crippen LogP) is 3.17. The van der Waals surface area contributed by atoms with E-state index < -0.39 is 6.04 Å². The van der Waals surface area contributed by atoms with Gasteiger partial charge in [-0.2, -0.15) is 0 Å². The third-order valence-electron chi connectivity index (χ3n) is 3.64. The van der Waals surface area contributed by atoms with E-state index in [1.54, 1.807) is 4.90 Å². The molecule has 0 saturated heterocycles. The molecule has 5 heteroatoms. The number of carbonyl (C=O) groups excluding carboxylic acids is 2. The Balaban J connectivity index is 1.98. The van der Waals surface area contributed by atoms with Crippen LogP contribution in [-0.4, -0.2) is 11.8 Å². The summed E-state index contributed by atoms with van der Waals surface area (Å²) in [5, 5.41) is 2.74. The van der Waals surface area contributed by atoms with Crippen LogP contribution in [0.4, 0.5) is 5.69 Å². The first-order valence-electron chi connectivity index (χ1n) is 6.98. The number of carbonyl (C=O) groups is 2. The number of hydrogen-bond donors (Lipinski definition) is 1. The van der Waals surface area contributed by atoms with Crippen LogP contribution in [-0.2, 0) is 16.1 Å². The molecule has 4 nitrogen and oxygen atoms in total. The molecule has 2 aromatic carbocycles. The Hall–Kier alpha value is -2.14. The van der Waals surface area contributed by atoms with Crippen molar-refractivity contribution in [3.05, 3.63) is 64.1 Å². The summed E-state index contributed by atoms with van der Waals surface area (Å²) in [6, 6.07) is 14.9. The minimum absolute atomic E-state index is 0.104. The van der Waals surface area contributed by atoms with Gasteiger partial charge in [-0.05, 0) is 23.8 Å². The van der Waals surface area contributed by atoms with E-state index in [0.717, 1.165) is 21.3 Å². The standard InChI is InChI=1S/C17H15BrN2O2/c1-11(21)19-16-14-9-13(18)7-8-15(14)20(17(16)22)10-12-5-3-2-4-6-12/h2-9,16H,10H2,1H3,(H,19,21)/t16-/m1/s1. The SMILES string of the molecule is CC(=O)N[C@H]1C(=O)N(Cc2ccccc2)c2ccc(Br)cc21. The highest BCUT2D eigenvalue weighted by Crippen LogP contribution is 2.38. The lowest BCUT2D eigenvalue weighted by Gasteiger charge is -2.18. The van der Waals surface area contributed by atoms with Crippen LogP contribution in [0, 0.1) is 0 Å². The number of halogens is 1. The van der Waals surface area contributed by atoms with Gasteiger partial charge in [-0.15, -0.1) is 0 Å². The number of hydrogen-bond acceptors (Lipinski definition) is 2. The second-order valence-corrected chi connectivity index (χ2v) is 6.16. The lowest BCUT2D eigenvalue weighted by molar-refractivity contribution is -0.126. The molecule has 0 bridgehead atoms. The summed E-state index contributed by atoms with van der Waals surface area (Å²) in [5.41, 5.74) is 2.72. The molecule has 1 N–H and O–H groups in total. The van der Waals surface area contributed by atoms with E-state index >= 15 is 0 Å². The van der Waals surface area contributed by atoms with Crippen molar-refractivity contribution >= 4 is 33.4 Å². The molecule has 1 aliphatic rings. The van der Waals surface area contributed by atoms with Gasteiger partial charge < -0.3 is 10.2 Å². The van der Waals surface area contributed by atoms with E-state index in [4.69, 9.17) is 0 Å². The number of rotatable bonds is 3. The van der Waals surface area contributed by atoms with Crippen molar-refractivity contribution in [2.45, 2.75) is 19.5 Å². The normalized spacial score (nSPS) is 16.5. The highest BCUT2D eigenvalue weighted by molar-refractivity contribution is 9.10. The largest absolute Gasteiger partial charge is 0.341 e. The van der Waals surface area contributed by atoms with Crippen LogP contribution < -0.4 is 10.2 Å². The number of benzene rings is 2. The Morgan fingerprint density at radius 3 is 2.64 bits per heavy atom. The van der Waals surface area contributed by atoms with E-state index in [0.29, 0.717) is 6.54 Å². The molecule has 22 heavy (non-hydrogen) atoms. The second-order valence-electron chi connectivity index (χ2n) is 5.25. The van der Waals surface area contributed by atoms with Crippen molar-refractivity contribution in [1.82, 2.24) is 5.32 Å². The lowest BCUT2D eigenvalue weighted by Crippen LogP contribution is -2.36. The first kappa shape index (κ1) is 14.8. The van der Waals surface area contributed by atoms with Crippen LogP contribution in [0.5, 0.6) is 0 Å². The average Bonchev–Trinajstić information content (AvgIpc) is 2.73. The van der Waals surface area contributed by atoms with Gasteiger partial charge in [-0.25, -0.2) is 0 Å². The molecule has 0 aliphatic carbocycles.